The summed E-state index contributed by atoms with van der Waals surface area (Å²) < 4.78 is 5.07. The van der Waals surface area contributed by atoms with Crippen LogP contribution in [0, 0.1) is 6.92 Å². The maximum atomic E-state index is 12.1. The van der Waals surface area contributed by atoms with Crippen molar-refractivity contribution in [3.63, 3.8) is 0 Å². The van der Waals surface area contributed by atoms with E-state index >= 15 is 0 Å². The lowest BCUT2D eigenvalue weighted by Gasteiger charge is -2.11. The maximum Gasteiger partial charge on any atom is 0.429 e. The predicted octanol–water partition coefficient (Wildman–Crippen LogP) is 2.79. The average molecular weight is 281 g/mol. The molecule has 0 spiro atoms. The number of fused-ring (bicyclic) bond motifs is 1. The number of amides is 3. The number of ether oxygens (including phenoxy) is 1. The molecule has 2 aromatic carbocycles. The highest BCUT2D eigenvalue weighted by atomic mass is 16.6. The Hall–Kier alpha value is -2.95. The summed E-state index contributed by atoms with van der Waals surface area (Å²) in [5.74, 6) is -1.04. The van der Waals surface area contributed by atoms with Gasteiger partial charge in [-0.25, -0.2) is 4.79 Å². The van der Waals surface area contributed by atoms with Crippen LogP contribution in [0.2, 0.25) is 0 Å². The quantitative estimate of drug-likeness (QED) is 0.754. The Morgan fingerprint density at radius 3 is 1.95 bits per heavy atom. The van der Waals surface area contributed by atoms with Gasteiger partial charge in [0.2, 0.25) is 0 Å². The molecule has 3 rings (SSSR count). The zero-order valence-corrected chi connectivity index (χ0v) is 11.2. The van der Waals surface area contributed by atoms with Gasteiger partial charge in [0.05, 0.1) is 11.1 Å². The van der Waals surface area contributed by atoms with Gasteiger partial charge in [0, 0.05) is 0 Å². The lowest BCUT2D eigenvalue weighted by atomic mass is 10.1. The Balaban J connectivity index is 1.85. The van der Waals surface area contributed by atoms with Crippen molar-refractivity contribution in [1.29, 1.82) is 0 Å². The Labute approximate surface area is 120 Å². The van der Waals surface area contributed by atoms with Crippen LogP contribution < -0.4 is 4.74 Å². The summed E-state index contributed by atoms with van der Waals surface area (Å²) in [6, 6.07) is 13.0. The third-order valence-electron chi connectivity index (χ3n) is 3.20. The first kappa shape index (κ1) is 13.1. The largest absolute Gasteiger partial charge is 0.429 e. The lowest BCUT2D eigenvalue weighted by molar-refractivity contribution is 0.0660. The number of hydrogen-bond acceptors (Lipinski definition) is 4. The van der Waals surface area contributed by atoms with E-state index in [-0.39, 0.29) is 16.9 Å². The van der Waals surface area contributed by atoms with Crippen LogP contribution in [0.5, 0.6) is 5.75 Å². The van der Waals surface area contributed by atoms with E-state index in [1.54, 1.807) is 36.4 Å². The molecular weight excluding hydrogens is 270 g/mol. The van der Waals surface area contributed by atoms with Crippen molar-refractivity contribution >= 4 is 17.9 Å². The summed E-state index contributed by atoms with van der Waals surface area (Å²) >= 11 is 0. The molecule has 1 heterocycles. The Bertz CT molecular complexity index is 714. The second kappa shape index (κ2) is 4.86. The first-order chi connectivity index (χ1) is 10.1. The Kier molecular flexibility index (Phi) is 3.02. The van der Waals surface area contributed by atoms with E-state index in [1.165, 1.54) is 12.1 Å². The summed E-state index contributed by atoms with van der Waals surface area (Å²) in [5.41, 5.74) is 1.43. The number of imide groups is 3. The van der Waals surface area contributed by atoms with Gasteiger partial charge in [-0.2, -0.15) is 4.90 Å². The molecule has 5 heteroatoms. The zero-order valence-electron chi connectivity index (χ0n) is 11.2. The highest BCUT2D eigenvalue weighted by molar-refractivity contribution is 6.28. The molecule has 1 aliphatic heterocycles. The zero-order chi connectivity index (χ0) is 15.0. The van der Waals surface area contributed by atoms with Crippen molar-refractivity contribution < 1.29 is 19.1 Å². The number of nitrogens with zero attached hydrogens (tertiary/aromatic N) is 1. The molecule has 0 N–H and O–H groups in total. The summed E-state index contributed by atoms with van der Waals surface area (Å²) in [6.45, 7) is 1.90. The predicted molar refractivity (Wildman–Crippen MR) is 74.1 cm³/mol. The molecule has 0 radical (unpaired) electrons. The number of hydrogen-bond donors (Lipinski definition) is 0. The summed E-state index contributed by atoms with van der Waals surface area (Å²) in [7, 11) is 0. The van der Waals surface area contributed by atoms with E-state index in [2.05, 4.69) is 0 Å². The molecule has 2 aromatic rings. The maximum absolute atomic E-state index is 12.1. The Morgan fingerprint density at radius 2 is 1.43 bits per heavy atom. The molecule has 0 aromatic heterocycles. The van der Waals surface area contributed by atoms with E-state index in [0.717, 1.165) is 5.56 Å². The highest BCUT2D eigenvalue weighted by Crippen LogP contribution is 2.24. The second-order valence-corrected chi connectivity index (χ2v) is 4.67. The lowest BCUT2D eigenvalue weighted by Crippen LogP contribution is -2.38. The SMILES string of the molecule is Cc1ccc(OC(=O)N2C(=O)c3ccccc3C2=O)cc1. The summed E-state index contributed by atoms with van der Waals surface area (Å²) in [5, 5.41) is 0. The van der Waals surface area contributed by atoms with Crippen molar-refractivity contribution in [3.8, 4) is 5.75 Å². The van der Waals surface area contributed by atoms with Gasteiger partial charge < -0.3 is 4.74 Å². The topological polar surface area (TPSA) is 63.7 Å². The third-order valence-corrected chi connectivity index (χ3v) is 3.20. The van der Waals surface area contributed by atoms with Crippen molar-refractivity contribution in [3.05, 3.63) is 65.2 Å². The average Bonchev–Trinajstić information content (AvgIpc) is 2.74. The summed E-state index contributed by atoms with van der Waals surface area (Å²) in [6.07, 6.45) is -0.995. The van der Waals surface area contributed by atoms with Crippen LogP contribution in [0.15, 0.2) is 48.5 Å². The molecule has 0 saturated carbocycles. The van der Waals surface area contributed by atoms with Crippen LogP contribution in [-0.2, 0) is 0 Å². The molecule has 5 nitrogen and oxygen atoms in total. The van der Waals surface area contributed by atoms with Gasteiger partial charge in [0.25, 0.3) is 11.8 Å². The fourth-order valence-corrected chi connectivity index (χ4v) is 2.11. The number of carbonyl (C=O) groups excluding carboxylic acids is 3. The number of aryl methyl sites for hydroxylation is 1. The van der Waals surface area contributed by atoms with E-state index in [9.17, 15) is 14.4 Å². The first-order valence-electron chi connectivity index (χ1n) is 6.34. The van der Waals surface area contributed by atoms with Crippen molar-refractivity contribution in [2.45, 2.75) is 6.92 Å². The minimum absolute atomic E-state index is 0.211. The van der Waals surface area contributed by atoms with Crippen LogP contribution >= 0.6 is 0 Å². The summed E-state index contributed by atoms with van der Waals surface area (Å²) in [4.78, 5) is 36.8. The van der Waals surface area contributed by atoms with E-state index in [1.807, 2.05) is 6.92 Å². The molecule has 0 aliphatic carbocycles. The van der Waals surface area contributed by atoms with E-state index < -0.39 is 17.9 Å². The normalized spacial score (nSPS) is 13.3. The van der Waals surface area contributed by atoms with Gasteiger partial charge >= 0.3 is 6.09 Å². The van der Waals surface area contributed by atoms with Crippen LogP contribution in [0.3, 0.4) is 0 Å². The standard InChI is InChI=1S/C16H11NO4/c1-10-6-8-11(9-7-10)21-16(20)17-14(18)12-4-2-3-5-13(12)15(17)19/h2-9H,1H3. The fraction of sp³-hybridized carbons (Fsp3) is 0.0625. The minimum Gasteiger partial charge on any atom is -0.410 e. The van der Waals surface area contributed by atoms with Crippen LogP contribution in [-0.4, -0.2) is 22.8 Å². The van der Waals surface area contributed by atoms with Crippen molar-refractivity contribution in [2.24, 2.45) is 0 Å². The highest BCUT2D eigenvalue weighted by Gasteiger charge is 2.40. The number of rotatable bonds is 1. The van der Waals surface area contributed by atoms with Crippen molar-refractivity contribution in [1.82, 2.24) is 4.90 Å². The van der Waals surface area contributed by atoms with Gasteiger partial charge in [-0.05, 0) is 31.2 Å². The van der Waals surface area contributed by atoms with Gasteiger partial charge in [0.15, 0.2) is 0 Å². The monoisotopic (exact) mass is 281 g/mol. The molecule has 3 amide bonds. The van der Waals surface area contributed by atoms with Gasteiger partial charge in [-0.3, -0.25) is 9.59 Å². The van der Waals surface area contributed by atoms with Crippen molar-refractivity contribution in [2.75, 3.05) is 0 Å². The van der Waals surface area contributed by atoms with E-state index in [0.29, 0.717) is 4.90 Å². The first-order valence-corrected chi connectivity index (χ1v) is 6.34. The van der Waals surface area contributed by atoms with Crippen LogP contribution in [0.4, 0.5) is 4.79 Å². The minimum atomic E-state index is -0.995. The molecule has 0 saturated heterocycles. The second-order valence-electron chi connectivity index (χ2n) is 4.67. The Morgan fingerprint density at radius 1 is 0.905 bits per heavy atom. The molecule has 0 atom stereocenters. The molecule has 0 unspecified atom stereocenters. The molecule has 0 bridgehead atoms. The van der Waals surface area contributed by atoms with Crippen LogP contribution in [0.25, 0.3) is 0 Å². The number of carbonyl (C=O) groups is 3. The molecule has 21 heavy (non-hydrogen) atoms. The van der Waals surface area contributed by atoms with Gasteiger partial charge in [-0.1, -0.05) is 29.8 Å². The molecule has 104 valence electrons. The third kappa shape index (κ3) is 2.18. The fourth-order valence-electron chi connectivity index (χ4n) is 2.11. The molecule has 1 aliphatic rings. The molecular formula is C16H11NO4. The van der Waals surface area contributed by atoms with Gasteiger partial charge in [-0.15, -0.1) is 0 Å². The van der Waals surface area contributed by atoms with Crippen LogP contribution in [0.1, 0.15) is 26.3 Å². The van der Waals surface area contributed by atoms with E-state index in [4.69, 9.17) is 4.74 Å². The molecule has 0 fully saturated rings. The smallest absolute Gasteiger partial charge is 0.410 e. The van der Waals surface area contributed by atoms with Gasteiger partial charge in [0.1, 0.15) is 5.75 Å². The number of benzene rings is 2.